The molecule has 0 saturated heterocycles. The van der Waals surface area contributed by atoms with Crippen molar-refractivity contribution in [2.24, 2.45) is 0 Å². The minimum absolute atomic E-state index is 0. The van der Waals surface area contributed by atoms with Crippen LogP contribution in [0, 0.1) is 6.58 Å². The number of hydrogen-bond acceptors (Lipinski definition) is 1. The molecule has 0 aliphatic heterocycles. The fraction of sp³-hybridized carbons (Fsp3) is 0.654. The van der Waals surface area contributed by atoms with Crippen molar-refractivity contribution in [1.82, 2.24) is 0 Å². The molecule has 0 heterocycles. The van der Waals surface area contributed by atoms with Gasteiger partial charge in [0.15, 0.2) is 0 Å². The number of carbonyl (C=O) groups is 1. The molecule has 29 heavy (non-hydrogen) atoms. The summed E-state index contributed by atoms with van der Waals surface area (Å²) in [6, 6.07) is 9.80. The zero-order valence-electron chi connectivity index (χ0n) is 18.9. The maximum atomic E-state index is 10.3. The molecule has 1 aromatic rings. The van der Waals surface area contributed by atoms with Gasteiger partial charge >= 0.3 is 5.97 Å². The van der Waals surface area contributed by atoms with Crippen molar-refractivity contribution in [3.05, 3.63) is 42.5 Å². The van der Waals surface area contributed by atoms with Gasteiger partial charge in [0.1, 0.15) is 0 Å². The zero-order valence-corrected chi connectivity index (χ0v) is 21.9. The van der Waals surface area contributed by atoms with Crippen molar-refractivity contribution in [2.75, 3.05) is 0 Å². The van der Waals surface area contributed by atoms with Gasteiger partial charge in [0, 0.05) is 25.9 Å². The van der Waals surface area contributed by atoms with Crippen molar-refractivity contribution < 1.29 is 29.4 Å². The molecule has 0 saturated carbocycles. The van der Waals surface area contributed by atoms with E-state index in [1.54, 1.807) is 6.08 Å². The quantitative estimate of drug-likeness (QED) is 0.146. The van der Waals surface area contributed by atoms with E-state index in [0.29, 0.717) is 6.42 Å². The van der Waals surface area contributed by atoms with Crippen LogP contribution < -0.4 is 0 Å². The molecule has 0 spiro atoms. The van der Waals surface area contributed by atoms with E-state index < -0.39 is 5.97 Å². The first-order chi connectivity index (χ1) is 13.7. The molecule has 0 atom stereocenters. The predicted octanol–water partition coefficient (Wildman–Crippen LogP) is 8.46. The van der Waals surface area contributed by atoms with Crippen LogP contribution in [0.5, 0.6) is 0 Å². The Morgan fingerprint density at radius 2 is 1.14 bits per heavy atom. The first-order valence-corrected chi connectivity index (χ1v) is 11.5. The standard InChI is InChI=1S/C18H36O2.C8H7.Zn/c1-2-3-4-5-6-7-8-9-10-11-12-13-14-15-16-17-18(19)20;1-2-8-6-4-3-5-7-8;/h2-17H2,1H3,(H,19,20);1-7H;/q;-1;. The molecule has 2 nitrogen and oxygen atoms in total. The van der Waals surface area contributed by atoms with Crippen LogP contribution in [0.4, 0.5) is 0 Å². The predicted molar refractivity (Wildman–Crippen MR) is 122 cm³/mol. The molecule has 0 aromatic heterocycles. The van der Waals surface area contributed by atoms with E-state index in [1.807, 2.05) is 30.3 Å². The second-order valence-corrected chi connectivity index (χ2v) is 7.67. The minimum atomic E-state index is -0.653. The Morgan fingerprint density at radius 3 is 1.45 bits per heavy atom. The summed E-state index contributed by atoms with van der Waals surface area (Å²) in [5.41, 5.74) is 1.06. The first kappa shape index (κ1) is 30.2. The summed E-state index contributed by atoms with van der Waals surface area (Å²) in [5, 5.41) is 8.52. The van der Waals surface area contributed by atoms with E-state index in [1.165, 1.54) is 83.5 Å². The van der Waals surface area contributed by atoms with Crippen LogP contribution in [0.1, 0.15) is 115 Å². The molecule has 1 aromatic carbocycles. The molecule has 0 aliphatic rings. The van der Waals surface area contributed by atoms with Crippen LogP contribution in [0.25, 0.3) is 6.08 Å². The molecular weight excluding hydrogens is 410 g/mol. The summed E-state index contributed by atoms with van der Waals surface area (Å²) < 4.78 is 0. The number of aliphatic carboxylic acids is 1. The minimum Gasteiger partial charge on any atom is -0.481 e. The van der Waals surface area contributed by atoms with E-state index in [2.05, 4.69) is 6.92 Å². The third-order valence-corrected chi connectivity index (χ3v) is 4.99. The van der Waals surface area contributed by atoms with Gasteiger partial charge < -0.3 is 5.11 Å². The third kappa shape index (κ3) is 25.0. The van der Waals surface area contributed by atoms with Gasteiger partial charge in [-0.15, -0.1) is 12.1 Å². The molecule has 1 N–H and O–H groups in total. The summed E-state index contributed by atoms with van der Waals surface area (Å²) in [7, 11) is 0. The van der Waals surface area contributed by atoms with Crippen LogP contribution in [-0.4, -0.2) is 11.1 Å². The van der Waals surface area contributed by atoms with Crippen LogP contribution in [0.3, 0.4) is 0 Å². The van der Waals surface area contributed by atoms with Gasteiger partial charge in [0.2, 0.25) is 0 Å². The Morgan fingerprint density at radius 1 is 0.759 bits per heavy atom. The van der Waals surface area contributed by atoms with E-state index in [9.17, 15) is 4.79 Å². The van der Waals surface area contributed by atoms with Crippen LogP contribution >= 0.6 is 0 Å². The molecular formula is C26H43O2Zn-. The van der Waals surface area contributed by atoms with Crippen molar-refractivity contribution in [3.63, 3.8) is 0 Å². The Hall–Kier alpha value is -0.947. The molecule has 0 aliphatic carbocycles. The summed E-state index contributed by atoms with van der Waals surface area (Å²) in [6.45, 7) is 7.49. The second kappa shape index (κ2) is 25.1. The zero-order chi connectivity index (χ0) is 20.7. The van der Waals surface area contributed by atoms with Crippen LogP contribution in [0.15, 0.2) is 30.3 Å². The summed E-state index contributed by atoms with van der Waals surface area (Å²) in [5.74, 6) is -0.653. The van der Waals surface area contributed by atoms with E-state index in [0.717, 1.165) is 18.4 Å². The van der Waals surface area contributed by atoms with Crippen LogP contribution in [0.2, 0.25) is 0 Å². The smallest absolute Gasteiger partial charge is 0.303 e. The Kier molecular flexibility index (Phi) is 26.2. The van der Waals surface area contributed by atoms with E-state index in [4.69, 9.17) is 11.7 Å². The fourth-order valence-electron chi connectivity index (χ4n) is 3.21. The number of carboxylic acids is 1. The van der Waals surface area contributed by atoms with E-state index >= 15 is 0 Å². The first-order valence-electron chi connectivity index (χ1n) is 11.5. The number of unbranched alkanes of at least 4 members (excludes halogenated alkanes) is 14. The number of benzene rings is 1. The molecule has 3 heteroatoms. The average molecular weight is 453 g/mol. The average Bonchev–Trinajstić information content (AvgIpc) is 2.72. The Labute approximate surface area is 193 Å². The topological polar surface area (TPSA) is 37.3 Å². The van der Waals surface area contributed by atoms with Gasteiger partial charge in [-0.25, -0.2) is 6.08 Å². The number of carboxylic acid groups (broad SMARTS) is 1. The Bertz CT molecular complexity index is 459. The van der Waals surface area contributed by atoms with Crippen molar-refractivity contribution in [2.45, 2.75) is 110 Å². The third-order valence-electron chi connectivity index (χ3n) is 4.99. The van der Waals surface area contributed by atoms with Gasteiger partial charge in [-0.3, -0.25) is 11.4 Å². The summed E-state index contributed by atoms with van der Waals surface area (Å²) in [4.78, 5) is 10.3. The molecule has 0 bridgehead atoms. The van der Waals surface area contributed by atoms with Gasteiger partial charge in [0.05, 0.1) is 0 Å². The molecule has 1 rings (SSSR count). The van der Waals surface area contributed by atoms with Crippen LogP contribution in [-0.2, 0) is 24.3 Å². The normalized spacial score (nSPS) is 9.83. The fourth-order valence-corrected chi connectivity index (χ4v) is 3.21. The largest absolute Gasteiger partial charge is 0.481 e. The molecule has 162 valence electrons. The molecule has 0 unspecified atom stereocenters. The monoisotopic (exact) mass is 451 g/mol. The number of rotatable bonds is 17. The second-order valence-electron chi connectivity index (χ2n) is 7.67. The summed E-state index contributed by atoms with van der Waals surface area (Å²) >= 11 is 0. The maximum Gasteiger partial charge on any atom is 0.303 e. The van der Waals surface area contributed by atoms with Crippen molar-refractivity contribution >= 4 is 12.0 Å². The van der Waals surface area contributed by atoms with Crippen molar-refractivity contribution in [1.29, 1.82) is 0 Å². The molecule has 0 amide bonds. The molecule has 0 radical (unpaired) electrons. The molecule has 0 fully saturated rings. The van der Waals surface area contributed by atoms with Gasteiger partial charge in [-0.05, 0) is 6.42 Å². The van der Waals surface area contributed by atoms with Crippen molar-refractivity contribution in [3.8, 4) is 0 Å². The SMILES string of the molecule is CCCCCCCCCCCCCCCCCC(=O)O.[CH-]=Cc1ccccc1.[Zn]. The van der Waals surface area contributed by atoms with Gasteiger partial charge in [-0.1, -0.05) is 115 Å². The van der Waals surface area contributed by atoms with Gasteiger partial charge in [-0.2, -0.15) is 5.56 Å². The van der Waals surface area contributed by atoms with E-state index in [-0.39, 0.29) is 19.5 Å². The van der Waals surface area contributed by atoms with Gasteiger partial charge in [0.25, 0.3) is 0 Å². The maximum absolute atomic E-state index is 10.3. The Balaban J connectivity index is 0. The number of hydrogen-bond donors (Lipinski definition) is 1. The summed E-state index contributed by atoms with van der Waals surface area (Å²) in [6.07, 6.45) is 21.8.